The Morgan fingerprint density at radius 3 is 1.89 bits per heavy atom. The molecule has 0 aliphatic carbocycles. The summed E-state index contributed by atoms with van der Waals surface area (Å²) in [6, 6.07) is 17.1. The predicted molar refractivity (Wildman–Crippen MR) is 172 cm³/mol. The van der Waals surface area contributed by atoms with Gasteiger partial charge in [0, 0.05) is 9.75 Å². The summed E-state index contributed by atoms with van der Waals surface area (Å²) in [6.07, 6.45) is 17.7. The Hall–Kier alpha value is -4.14. The summed E-state index contributed by atoms with van der Waals surface area (Å²) in [5, 5.41) is 4.83. The molecule has 0 saturated carbocycles. The molecule has 0 nitrogen and oxygen atoms in total. The molecule has 0 fully saturated rings. The van der Waals surface area contributed by atoms with Crippen molar-refractivity contribution in [3.8, 4) is 0 Å². The van der Waals surface area contributed by atoms with Crippen LogP contribution in [0.25, 0.3) is 51.3 Å². The van der Waals surface area contributed by atoms with Gasteiger partial charge in [0.25, 0.3) is 0 Å². The van der Waals surface area contributed by atoms with Crippen molar-refractivity contribution < 1.29 is 0 Å². The maximum Gasteiger partial charge on any atom is 0.193 e. The van der Waals surface area contributed by atoms with E-state index in [1.807, 2.05) is 36.5 Å². The van der Waals surface area contributed by atoms with Crippen LogP contribution in [0.4, 0.5) is 0 Å². The normalized spacial score (nSPS) is 12.1. The molecular weight excluding hydrogens is 463 g/mol. The fourth-order valence-corrected chi connectivity index (χ4v) is 5.93. The van der Waals surface area contributed by atoms with Crippen LogP contribution in [0, 0.1) is 6.92 Å². The molecule has 0 aliphatic heterocycles. The van der Waals surface area contributed by atoms with Gasteiger partial charge in [-0.05, 0) is 56.8 Å². The van der Waals surface area contributed by atoms with E-state index in [2.05, 4.69) is 108 Å². The second-order valence-electron chi connectivity index (χ2n) is 8.61. The Labute approximate surface area is 225 Å². The van der Waals surface area contributed by atoms with E-state index in [4.69, 9.17) is 0 Å². The molecule has 1 radical (unpaired) electrons. The Bertz CT molecular complexity index is 1640. The number of fused-ring (bicyclic) bond motifs is 3. The van der Waals surface area contributed by atoms with Gasteiger partial charge < -0.3 is 0 Å². The van der Waals surface area contributed by atoms with Crippen LogP contribution in [0.1, 0.15) is 32.0 Å². The zero-order valence-electron chi connectivity index (χ0n) is 21.3. The molecule has 37 heavy (non-hydrogen) atoms. The highest BCUT2D eigenvalue weighted by Gasteiger charge is 2.17. The average molecular weight is 494 g/mol. The van der Waals surface area contributed by atoms with Gasteiger partial charge in [-0.1, -0.05) is 141 Å². The van der Waals surface area contributed by atoms with E-state index >= 15 is 0 Å². The molecule has 2 heteroatoms. The number of thiophene rings is 1. The van der Waals surface area contributed by atoms with E-state index < -0.39 is 0 Å². The topological polar surface area (TPSA) is 0 Å². The van der Waals surface area contributed by atoms with Crippen LogP contribution < -0.4 is 0 Å². The zero-order valence-corrected chi connectivity index (χ0v) is 22.2. The van der Waals surface area contributed by atoms with Gasteiger partial charge in [-0.25, -0.2) is 0 Å². The molecule has 3 aromatic carbocycles. The lowest BCUT2D eigenvalue weighted by atomic mass is 9.60. The van der Waals surface area contributed by atoms with Crippen molar-refractivity contribution in [2.45, 2.75) is 6.92 Å². The Balaban J connectivity index is 1.90. The van der Waals surface area contributed by atoms with Crippen LogP contribution in [0.15, 0.2) is 117 Å². The van der Waals surface area contributed by atoms with Crippen LogP contribution in [0.5, 0.6) is 0 Å². The first-order valence-corrected chi connectivity index (χ1v) is 13.0. The fraction of sp³-hybridized carbons (Fsp3) is 0.0286. The molecular formula is C35H30BS. The lowest BCUT2D eigenvalue weighted by molar-refractivity contribution is 1.50. The number of hydrogen-bond donors (Lipinski definition) is 0. The summed E-state index contributed by atoms with van der Waals surface area (Å²) in [4.78, 5) is 2.34. The maximum atomic E-state index is 4.17. The van der Waals surface area contributed by atoms with Gasteiger partial charge in [-0.15, -0.1) is 11.3 Å². The van der Waals surface area contributed by atoms with E-state index in [0.717, 1.165) is 32.5 Å². The Morgan fingerprint density at radius 1 is 0.757 bits per heavy atom. The standard InChI is InChI=1S/C35H30BS/c1-7-12-22-34-24(6)26(10-4)35(37-34)33(17-8-2)36-25(9-3)23-32-27(11-5)28-18-13-14-19-29(28)30-20-15-16-21-31(30)32/h7-23H,1-5H2,6H3/b22-12-,25-23+,33-17+. The van der Waals surface area contributed by atoms with Crippen molar-refractivity contribution in [1.29, 1.82) is 0 Å². The minimum atomic E-state index is 1.00. The minimum Gasteiger partial charge on any atom is -0.136 e. The molecule has 0 saturated heterocycles. The van der Waals surface area contributed by atoms with Gasteiger partial charge in [0.15, 0.2) is 7.28 Å². The summed E-state index contributed by atoms with van der Waals surface area (Å²) < 4.78 is 0. The summed E-state index contributed by atoms with van der Waals surface area (Å²) in [7, 11) is 2.17. The van der Waals surface area contributed by atoms with Crippen LogP contribution in [-0.4, -0.2) is 7.28 Å². The van der Waals surface area contributed by atoms with Crippen molar-refractivity contribution >= 4 is 69.9 Å². The molecule has 179 valence electrons. The van der Waals surface area contributed by atoms with Crippen molar-refractivity contribution in [3.05, 3.63) is 149 Å². The second kappa shape index (κ2) is 11.7. The lowest BCUT2D eigenvalue weighted by Crippen LogP contribution is -2.00. The van der Waals surface area contributed by atoms with Gasteiger partial charge in [-0.2, -0.15) is 0 Å². The molecule has 0 bridgehead atoms. The molecule has 1 heterocycles. The number of benzene rings is 3. The molecule has 0 aliphatic rings. The Morgan fingerprint density at radius 2 is 1.35 bits per heavy atom. The fourth-order valence-electron chi connectivity index (χ4n) is 4.71. The highest BCUT2D eigenvalue weighted by atomic mass is 32.1. The molecule has 4 aromatic rings. The smallest absolute Gasteiger partial charge is 0.136 e. The van der Waals surface area contributed by atoms with Crippen LogP contribution in [0.3, 0.4) is 0 Å². The minimum absolute atomic E-state index is 1.00. The summed E-state index contributed by atoms with van der Waals surface area (Å²) in [5.74, 6) is 0. The molecule has 0 spiro atoms. The van der Waals surface area contributed by atoms with Crippen molar-refractivity contribution in [2.75, 3.05) is 0 Å². The monoisotopic (exact) mass is 493 g/mol. The highest BCUT2D eigenvalue weighted by Crippen LogP contribution is 2.37. The summed E-state index contributed by atoms with van der Waals surface area (Å²) in [5.41, 5.74) is 6.65. The zero-order chi connectivity index (χ0) is 26.4. The second-order valence-corrected chi connectivity index (χ2v) is 9.66. The van der Waals surface area contributed by atoms with Crippen molar-refractivity contribution in [1.82, 2.24) is 0 Å². The molecule has 0 unspecified atom stereocenters. The van der Waals surface area contributed by atoms with Gasteiger partial charge in [0.1, 0.15) is 0 Å². The first-order chi connectivity index (χ1) is 18.1. The van der Waals surface area contributed by atoms with E-state index in [0.29, 0.717) is 0 Å². The molecule has 0 N–H and O–H groups in total. The molecule has 0 atom stereocenters. The van der Waals surface area contributed by atoms with Crippen LogP contribution in [-0.2, 0) is 0 Å². The number of hydrogen-bond acceptors (Lipinski definition) is 1. The van der Waals surface area contributed by atoms with Gasteiger partial charge in [0.2, 0.25) is 0 Å². The lowest BCUT2D eigenvalue weighted by Gasteiger charge is -2.14. The van der Waals surface area contributed by atoms with E-state index in [-0.39, 0.29) is 0 Å². The third-order valence-electron chi connectivity index (χ3n) is 6.47. The third-order valence-corrected chi connectivity index (χ3v) is 7.79. The maximum absolute atomic E-state index is 4.17. The Kier molecular flexibility index (Phi) is 8.23. The van der Waals surface area contributed by atoms with Crippen LogP contribution >= 0.6 is 11.3 Å². The van der Waals surface area contributed by atoms with E-state index in [1.54, 1.807) is 17.4 Å². The van der Waals surface area contributed by atoms with Gasteiger partial charge in [-0.3, -0.25) is 0 Å². The first kappa shape index (κ1) is 25.9. The van der Waals surface area contributed by atoms with Crippen molar-refractivity contribution in [3.63, 3.8) is 0 Å². The third kappa shape index (κ3) is 5.07. The van der Waals surface area contributed by atoms with Crippen molar-refractivity contribution in [2.24, 2.45) is 0 Å². The SMILES string of the molecule is C=C/C=C\c1sc(/C([B]/C(C=C)=C/c2c(C=C)c3ccccc3c3ccccc23)=C\C=C)c(C=C)c1C. The van der Waals surface area contributed by atoms with Gasteiger partial charge in [0.05, 0.1) is 0 Å². The summed E-state index contributed by atoms with van der Waals surface area (Å²) in [6.45, 7) is 22.3. The average Bonchev–Trinajstić information content (AvgIpc) is 3.25. The summed E-state index contributed by atoms with van der Waals surface area (Å²) >= 11 is 1.74. The van der Waals surface area contributed by atoms with E-state index in [1.165, 1.54) is 32.0 Å². The number of allylic oxidation sites excluding steroid dienone is 6. The molecule has 4 rings (SSSR count). The quantitative estimate of drug-likeness (QED) is 0.117. The first-order valence-electron chi connectivity index (χ1n) is 12.2. The molecule has 1 aromatic heterocycles. The van der Waals surface area contributed by atoms with Gasteiger partial charge >= 0.3 is 0 Å². The van der Waals surface area contributed by atoms with Crippen LogP contribution in [0.2, 0.25) is 0 Å². The number of rotatable bonds is 10. The molecule has 0 amide bonds. The highest BCUT2D eigenvalue weighted by molar-refractivity contribution is 7.15. The van der Waals surface area contributed by atoms with E-state index in [9.17, 15) is 0 Å². The predicted octanol–water partition coefficient (Wildman–Crippen LogP) is 10.3. The largest absolute Gasteiger partial charge is 0.193 e.